The van der Waals surface area contributed by atoms with Gasteiger partial charge in [-0.1, -0.05) is 0 Å². The molecular formula is C20H24F2N4O3. The predicted molar refractivity (Wildman–Crippen MR) is 107 cm³/mol. The SMILES string of the molecule is CC(C)N1CCN(c2c(F)c(N)c3c(=O)c(C(=O)O)cn(C4CC4)c3c2F)CC1. The summed E-state index contributed by atoms with van der Waals surface area (Å²) in [5.74, 6) is -3.30. The molecule has 156 valence electrons. The monoisotopic (exact) mass is 406 g/mol. The number of rotatable bonds is 4. The molecule has 1 saturated carbocycles. The van der Waals surface area contributed by atoms with Gasteiger partial charge in [0.05, 0.1) is 16.6 Å². The van der Waals surface area contributed by atoms with Crippen molar-refractivity contribution >= 4 is 28.2 Å². The molecule has 1 aromatic carbocycles. The Morgan fingerprint density at radius 3 is 2.31 bits per heavy atom. The first-order chi connectivity index (χ1) is 13.7. The third-order valence-corrected chi connectivity index (χ3v) is 5.90. The first-order valence-electron chi connectivity index (χ1n) is 9.80. The van der Waals surface area contributed by atoms with Crippen molar-refractivity contribution in [1.82, 2.24) is 9.47 Å². The molecule has 7 nitrogen and oxygen atoms in total. The number of pyridine rings is 1. The molecule has 2 heterocycles. The Labute approximate surface area is 166 Å². The number of carboxylic acid groups (broad SMARTS) is 1. The second kappa shape index (κ2) is 6.98. The molecule has 4 rings (SSSR count). The van der Waals surface area contributed by atoms with E-state index in [1.165, 1.54) is 4.57 Å². The van der Waals surface area contributed by atoms with Gasteiger partial charge in [-0.3, -0.25) is 9.69 Å². The molecular weight excluding hydrogens is 382 g/mol. The van der Waals surface area contributed by atoms with E-state index in [2.05, 4.69) is 18.7 Å². The van der Waals surface area contributed by atoms with Crippen molar-refractivity contribution in [3.8, 4) is 0 Å². The van der Waals surface area contributed by atoms with Crippen LogP contribution in [-0.4, -0.2) is 52.8 Å². The number of benzene rings is 1. The Morgan fingerprint density at radius 2 is 1.79 bits per heavy atom. The maximum Gasteiger partial charge on any atom is 0.341 e. The van der Waals surface area contributed by atoms with Gasteiger partial charge in [-0.25, -0.2) is 13.6 Å². The number of aromatic nitrogens is 1. The highest BCUT2D eigenvalue weighted by Crippen LogP contribution is 2.41. The number of hydrogen-bond donors (Lipinski definition) is 2. The smallest absolute Gasteiger partial charge is 0.341 e. The van der Waals surface area contributed by atoms with Crippen LogP contribution >= 0.6 is 0 Å². The van der Waals surface area contributed by atoms with E-state index in [-0.39, 0.29) is 17.2 Å². The molecule has 0 bridgehead atoms. The Morgan fingerprint density at radius 1 is 1.17 bits per heavy atom. The van der Waals surface area contributed by atoms with Gasteiger partial charge < -0.3 is 20.3 Å². The van der Waals surface area contributed by atoms with Gasteiger partial charge in [-0.2, -0.15) is 0 Å². The van der Waals surface area contributed by atoms with Gasteiger partial charge in [-0.05, 0) is 26.7 Å². The predicted octanol–water partition coefficient (Wildman–Crippen LogP) is 2.43. The quantitative estimate of drug-likeness (QED) is 0.758. The van der Waals surface area contributed by atoms with Gasteiger partial charge in [0.25, 0.3) is 0 Å². The van der Waals surface area contributed by atoms with Crippen molar-refractivity contribution < 1.29 is 18.7 Å². The number of piperazine rings is 1. The number of nitrogen functional groups attached to an aromatic ring is 1. The standard InChI is InChI=1S/C20H24F2N4O3/c1-10(2)24-5-7-25(8-6-24)18-14(21)16(23)13-17(15(18)22)26(11-3-4-11)9-12(19(13)27)20(28)29/h9-11H,3-8,23H2,1-2H3,(H,28,29). The number of halogens is 2. The molecule has 0 unspecified atom stereocenters. The van der Waals surface area contributed by atoms with Gasteiger partial charge in [0.15, 0.2) is 11.6 Å². The van der Waals surface area contributed by atoms with E-state index in [0.29, 0.717) is 32.2 Å². The van der Waals surface area contributed by atoms with E-state index >= 15 is 8.78 Å². The third kappa shape index (κ3) is 3.13. The van der Waals surface area contributed by atoms with E-state index in [1.807, 2.05) is 0 Å². The summed E-state index contributed by atoms with van der Waals surface area (Å²) in [6, 6.07) is 0.212. The van der Waals surface area contributed by atoms with Gasteiger partial charge in [0, 0.05) is 44.5 Å². The van der Waals surface area contributed by atoms with Crippen molar-refractivity contribution in [2.24, 2.45) is 0 Å². The Bertz CT molecular complexity index is 1050. The molecule has 0 spiro atoms. The van der Waals surface area contributed by atoms with E-state index in [0.717, 1.165) is 19.0 Å². The fourth-order valence-corrected chi connectivity index (χ4v) is 4.08. The van der Waals surface area contributed by atoms with E-state index in [9.17, 15) is 14.7 Å². The van der Waals surface area contributed by atoms with Crippen LogP contribution in [0.25, 0.3) is 10.9 Å². The average molecular weight is 406 g/mol. The fourth-order valence-electron chi connectivity index (χ4n) is 4.08. The molecule has 1 aromatic heterocycles. The maximum absolute atomic E-state index is 15.7. The van der Waals surface area contributed by atoms with Crippen LogP contribution in [0.1, 0.15) is 43.1 Å². The largest absolute Gasteiger partial charge is 0.477 e. The van der Waals surface area contributed by atoms with Gasteiger partial charge in [0.1, 0.15) is 11.3 Å². The number of anilines is 2. The topological polar surface area (TPSA) is 91.8 Å². The van der Waals surface area contributed by atoms with Gasteiger partial charge >= 0.3 is 5.97 Å². The van der Waals surface area contributed by atoms with Crippen LogP contribution in [0.4, 0.5) is 20.2 Å². The van der Waals surface area contributed by atoms with Crippen LogP contribution in [0.3, 0.4) is 0 Å². The van der Waals surface area contributed by atoms with E-state index in [1.54, 1.807) is 4.90 Å². The average Bonchev–Trinajstić information content (AvgIpc) is 3.51. The molecule has 3 N–H and O–H groups in total. The number of carboxylic acids is 1. The van der Waals surface area contributed by atoms with Crippen LogP contribution in [0.2, 0.25) is 0 Å². The summed E-state index contributed by atoms with van der Waals surface area (Å²) in [6.45, 7) is 6.30. The molecule has 0 radical (unpaired) electrons. The highest BCUT2D eigenvalue weighted by atomic mass is 19.1. The fraction of sp³-hybridized carbons (Fsp3) is 0.500. The van der Waals surface area contributed by atoms with Gasteiger partial charge in [-0.15, -0.1) is 0 Å². The summed E-state index contributed by atoms with van der Waals surface area (Å²) < 4.78 is 32.3. The molecule has 2 fully saturated rings. The van der Waals surface area contributed by atoms with Crippen molar-refractivity contribution in [3.63, 3.8) is 0 Å². The number of hydrogen-bond acceptors (Lipinski definition) is 5. The first kappa shape index (κ1) is 19.6. The molecule has 0 atom stereocenters. The lowest BCUT2D eigenvalue weighted by Gasteiger charge is -2.38. The molecule has 1 saturated heterocycles. The lowest BCUT2D eigenvalue weighted by atomic mass is 10.1. The second-order valence-electron chi connectivity index (χ2n) is 8.05. The van der Waals surface area contributed by atoms with Crippen molar-refractivity contribution in [2.75, 3.05) is 36.8 Å². The molecule has 0 amide bonds. The minimum absolute atomic E-state index is 0.109. The maximum atomic E-state index is 15.7. The summed E-state index contributed by atoms with van der Waals surface area (Å²) >= 11 is 0. The summed E-state index contributed by atoms with van der Waals surface area (Å²) in [5.41, 5.74) is 3.60. The molecule has 9 heteroatoms. The minimum atomic E-state index is -1.44. The molecule has 2 aromatic rings. The Hall–Kier alpha value is -2.68. The summed E-state index contributed by atoms with van der Waals surface area (Å²) in [4.78, 5) is 28.0. The van der Waals surface area contributed by atoms with E-state index < -0.39 is 39.7 Å². The molecule has 2 aliphatic rings. The number of carbonyl (C=O) groups is 1. The highest BCUT2D eigenvalue weighted by molar-refractivity contribution is 5.99. The lowest BCUT2D eigenvalue weighted by Crippen LogP contribution is -2.49. The number of nitrogens with two attached hydrogens (primary N) is 1. The second-order valence-corrected chi connectivity index (χ2v) is 8.05. The summed E-state index contributed by atoms with van der Waals surface area (Å²) in [5, 5.41) is 8.96. The summed E-state index contributed by atoms with van der Waals surface area (Å²) in [6.07, 6.45) is 2.62. The van der Waals surface area contributed by atoms with Crippen LogP contribution in [0.5, 0.6) is 0 Å². The van der Waals surface area contributed by atoms with Crippen LogP contribution in [-0.2, 0) is 0 Å². The Balaban J connectivity index is 1.93. The Kier molecular flexibility index (Phi) is 4.72. The molecule has 29 heavy (non-hydrogen) atoms. The zero-order valence-electron chi connectivity index (χ0n) is 16.4. The van der Waals surface area contributed by atoms with Crippen molar-refractivity contribution in [3.05, 3.63) is 33.6 Å². The third-order valence-electron chi connectivity index (χ3n) is 5.90. The zero-order valence-corrected chi connectivity index (χ0v) is 16.4. The van der Waals surface area contributed by atoms with Crippen LogP contribution in [0, 0.1) is 11.6 Å². The normalized spacial score (nSPS) is 18.0. The summed E-state index contributed by atoms with van der Waals surface area (Å²) in [7, 11) is 0. The number of fused-ring (bicyclic) bond motifs is 1. The van der Waals surface area contributed by atoms with Crippen LogP contribution in [0.15, 0.2) is 11.0 Å². The zero-order chi connectivity index (χ0) is 21.0. The minimum Gasteiger partial charge on any atom is -0.477 e. The van der Waals surface area contributed by atoms with Gasteiger partial charge in [0.2, 0.25) is 5.43 Å². The number of aromatic carboxylic acids is 1. The highest BCUT2D eigenvalue weighted by Gasteiger charge is 2.33. The van der Waals surface area contributed by atoms with Crippen molar-refractivity contribution in [1.29, 1.82) is 0 Å². The molecule has 1 aliphatic heterocycles. The molecule has 1 aliphatic carbocycles. The van der Waals surface area contributed by atoms with E-state index in [4.69, 9.17) is 5.73 Å². The number of nitrogens with zero attached hydrogens (tertiary/aromatic N) is 3. The van der Waals surface area contributed by atoms with Crippen LogP contribution < -0.4 is 16.1 Å². The lowest BCUT2D eigenvalue weighted by molar-refractivity contribution is 0.0695. The first-order valence-corrected chi connectivity index (χ1v) is 9.80. The van der Waals surface area contributed by atoms with Crippen molar-refractivity contribution in [2.45, 2.75) is 38.8 Å².